The Hall–Kier alpha value is -3.38. The highest BCUT2D eigenvalue weighted by Gasteiger charge is 2.35. The number of halogens is 2. The molecule has 4 heterocycles. The lowest BCUT2D eigenvalue weighted by atomic mass is 9.92. The lowest BCUT2D eigenvalue weighted by Gasteiger charge is -2.41. The number of benzene rings is 2. The topological polar surface area (TPSA) is 112 Å². The monoisotopic (exact) mass is 713 g/mol. The van der Waals surface area contributed by atoms with Crippen LogP contribution in [0.3, 0.4) is 0 Å². The minimum atomic E-state index is -0.624. The first-order valence-corrected chi connectivity index (χ1v) is 18.1. The maximum Gasteiger partial charge on any atom is 0.322 e. The van der Waals surface area contributed by atoms with Crippen molar-refractivity contribution in [2.45, 2.75) is 64.0 Å². The zero-order valence-corrected chi connectivity index (χ0v) is 29.5. The number of nitrogens with zero attached hydrogens (tertiary/aromatic N) is 4. The second kappa shape index (κ2) is 16.1. The van der Waals surface area contributed by atoms with Gasteiger partial charge in [-0.2, -0.15) is 0 Å². The molecule has 3 saturated heterocycles. The summed E-state index contributed by atoms with van der Waals surface area (Å²) >= 11 is 12.9. The first-order chi connectivity index (χ1) is 23.7. The molecule has 0 bridgehead atoms. The number of anilines is 1. The van der Waals surface area contributed by atoms with Crippen molar-refractivity contribution < 1.29 is 28.7 Å². The lowest BCUT2D eigenvalue weighted by molar-refractivity contribution is -0.143. The summed E-state index contributed by atoms with van der Waals surface area (Å²) in [6.07, 6.45) is 4.43. The van der Waals surface area contributed by atoms with Gasteiger partial charge < -0.3 is 29.5 Å². The Kier molecular flexibility index (Phi) is 11.6. The van der Waals surface area contributed by atoms with E-state index in [4.69, 9.17) is 32.7 Å². The maximum atomic E-state index is 14.1. The van der Waals surface area contributed by atoms with Gasteiger partial charge in [-0.3, -0.25) is 19.3 Å². The fourth-order valence-corrected chi connectivity index (χ4v) is 8.23. The number of piperidine rings is 1. The van der Waals surface area contributed by atoms with Crippen molar-refractivity contribution in [1.82, 2.24) is 19.6 Å². The van der Waals surface area contributed by atoms with Crippen LogP contribution >= 0.6 is 23.2 Å². The molecule has 0 spiro atoms. The molecule has 1 atom stereocenters. The molecule has 3 fully saturated rings. The molecule has 4 aliphatic heterocycles. The number of nitrogens with one attached hydrogen (secondary N) is 1. The van der Waals surface area contributed by atoms with Gasteiger partial charge in [-0.15, -0.1) is 0 Å². The Balaban J connectivity index is 1.11. The maximum absolute atomic E-state index is 14.1. The van der Waals surface area contributed by atoms with Gasteiger partial charge in [-0.1, -0.05) is 41.4 Å². The van der Waals surface area contributed by atoms with Crippen LogP contribution in [0.15, 0.2) is 36.4 Å². The van der Waals surface area contributed by atoms with Gasteiger partial charge >= 0.3 is 12.0 Å². The molecule has 11 nitrogen and oxygen atoms in total. The third-order valence-corrected chi connectivity index (χ3v) is 10.9. The highest BCUT2D eigenvalue weighted by molar-refractivity contribution is 6.37. The molecular weight excluding hydrogens is 669 g/mol. The quantitative estimate of drug-likeness (QED) is 0.307. The first kappa shape index (κ1) is 35.4. The van der Waals surface area contributed by atoms with Gasteiger partial charge in [0, 0.05) is 90.1 Å². The van der Waals surface area contributed by atoms with Crippen molar-refractivity contribution >= 4 is 52.7 Å². The number of carbonyl (C=O) groups is 4. The fourth-order valence-electron chi connectivity index (χ4n) is 7.62. The average Bonchev–Trinajstić information content (AvgIpc) is 3.27. The van der Waals surface area contributed by atoms with E-state index in [0.717, 1.165) is 56.8 Å². The van der Waals surface area contributed by atoms with E-state index in [1.807, 2.05) is 39.0 Å². The zero-order valence-electron chi connectivity index (χ0n) is 28.0. The Labute approximate surface area is 297 Å². The molecule has 4 amide bonds. The van der Waals surface area contributed by atoms with Crippen LogP contribution in [-0.4, -0.2) is 115 Å². The number of urea groups is 1. The highest BCUT2D eigenvalue weighted by atomic mass is 35.5. The number of fused-ring (bicyclic) bond motifs is 1. The number of carbonyl (C=O) groups excluding carboxylic acids is 4. The predicted molar refractivity (Wildman–Crippen MR) is 187 cm³/mol. The van der Waals surface area contributed by atoms with Gasteiger partial charge in [0.15, 0.2) is 5.75 Å². The summed E-state index contributed by atoms with van der Waals surface area (Å²) in [5, 5.41) is 3.39. The number of hydrogen-bond acceptors (Lipinski definition) is 7. The zero-order chi connectivity index (χ0) is 34.5. The SMILES string of the molecule is CC(=O)Oc1c(Cl)cc(C[C@@H](CC(=O)N2CCC(N3CCc4ccccc4NC3=O)CC2)C(=O)N2CCN(C3CCOCC3)CC2)cc1Cl. The van der Waals surface area contributed by atoms with E-state index in [1.165, 1.54) is 6.92 Å². The van der Waals surface area contributed by atoms with Gasteiger partial charge in [0.2, 0.25) is 11.8 Å². The number of rotatable bonds is 8. The number of para-hydroxylation sites is 1. The standard InChI is InChI=1S/C36H45Cl2N5O6/c1-24(44)49-34-30(37)21-25(22-31(34)38)20-27(35(46)42-16-14-40(15-17-42)28-9-18-48-19-10-28)23-33(45)41-11-7-29(8-12-41)43-13-6-26-4-2-3-5-32(26)39-36(43)47/h2-5,21-22,27-29H,6-20,23H2,1H3,(H,39,47)/t27-/m0/s1. The second-order valence-electron chi connectivity index (χ2n) is 13.4. The smallest absolute Gasteiger partial charge is 0.322 e. The number of likely N-dealkylation sites (tertiary alicyclic amines) is 1. The molecule has 2 aromatic rings. The van der Waals surface area contributed by atoms with Crippen LogP contribution in [0.5, 0.6) is 5.75 Å². The number of amides is 4. The Morgan fingerprint density at radius 2 is 1.57 bits per heavy atom. The molecule has 0 radical (unpaired) electrons. The largest absolute Gasteiger partial charge is 0.424 e. The van der Waals surface area contributed by atoms with E-state index in [-0.39, 0.29) is 52.5 Å². The van der Waals surface area contributed by atoms with E-state index < -0.39 is 11.9 Å². The molecule has 1 N–H and O–H groups in total. The van der Waals surface area contributed by atoms with Crippen molar-refractivity contribution in [2.75, 3.05) is 64.3 Å². The minimum absolute atomic E-state index is 0.0304. The summed E-state index contributed by atoms with van der Waals surface area (Å²) in [5.74, 6) is -1.24. The number of ether oxygens (including phenoxy) is 2. The molecule has 0 unspecified atom stereocenters. The van der Waals surface area contributed by atoms with Crippen LogP contribution in [-0.2, 0) is 32.0 Å². The Morgan fingerprint density at radius 3 is 2.24 bits per heavy atom. The fraction of sp³-hybridized carbons (Fsp3) is 0.556. The number of piperazine rings is 1. The van der Waals surface area contributed by atoms with Gasteiger partial charge in [-0.05, 0) is 67.9 Å². The van der Waals surface area contributed by atoms with Gasteiger partial charge in [0.1, 0.15) is 0 Å². The highest BCUT2D eigenvalue weighted by Crippen LogP contribution is 2.36. The summed E-state index contributed by atoms with van der Waals surface area (Å²) in [7, 11) is 0. The van der Waals surface area contributed by atoms with E-state index in [2.05, 4.69) is 10.2 Å². The molecule has 0 saturated carbocycles. The molecule has 6 rings (SSSR count). The first-order valence-electron chi connectivity index (χ1n) is 17.4. The van der Waals surface area contributed by atoms with E-state index in [0.29, 0.717) is 57.2 Å². The van der Waals surface area contributed by atoms with E-state index in [9.17, 15) is 19.2 Å². The number of esters is 1. The Morgan fingerprint density at radius 1 is 0.898 bits per heavy atom. The molecule has 13 heteroatoms. The molecule has 4 aliphatic rings. The molecule has 2 aromatic carbocycles. The van der Waals surface area contributed by atoms with Crippen molar-refractivity contribution in [1.29, 1.82) is 0 Å². The van der Waals surface area contributed by atoms with Crippen LogP contribution in [0.4, 0.5) is 10.5 Å². The average molecular weight is 715 g/mol. The molecule has 0 aliphatic carbocycles. The van der Waals surface area contributed by atoms with Gasteiger partial charge in [-0.25, -0.2) is 4.79 Å². The summed E-state index contributed by atoms with van der Waals surface area (Å²) in [6.45, 7) is 7.23. The van der Waals surface area contributed by atoms with Crippen molar-refractivity contribution in [3.05, 3.63) is 57.6 Å². The minimum Gasteiger partial charge on any atom is -0.424 e. The van der Waals surface area contributed by atoms with E-state index >= 15 is 0 Å². The van der Waals surface area contributed by atoms with Crippen LogP contribution in [0.2, 0.25) is 10.0 Å². The third kappa shape index (κ3) is 8.68. The normalized spacial score (nSPS) is 20.3. The van der Waals surface area contributed by atoms with Gasteiger partial charge in [0.25, 0.3) is 0 Å². The summed E-state index contributed by atoms with van der Waals surface area (Å²) in [6, 6.07) is 11.6. The number of hydrogen-bond donors (Lipinski definition) is 1. The van der Waals surface area contributed by atoms with Crippen LogP contribution in [0.1, 0.15) is 50.2 Å². The van der Waals surface area contributed by atoms with Crippen LogP contribution in [0, 0.1) is 5.92 Å². The molecule has 49 heavy (non-hydrogen) atoms. The molecular formula is C36H45Cl2N5O6. The van der Waals surface area contributed by atoms with Gasteiger partial charge in [0.05, 0.1) is 16.0 Å². The van der Waals surface area contributed by atoms with E-state index in [1.54, 1.807) is 12.1 Å². The Bertz CT molecular complexity index is 1510. The van der Waals surface area contributed by atoms with Crippen molar-refractivity contribution in [3.63, 3.8) is 0 Å². The van der Waals surface area contributed by atoms with Crippen molar-refractivity contribution in [3.8, 4) is 5.75 Å². The predicted octanol–water partition coefficient (Wildman–Crippen LogP) is 4.87. The third-order valence-electron chi connectivity index (χ3n) is 10.3. The van der Waals surface area contributed by atoms with Crippen LogP contribution in [0.25, 0.3) is 0 Å². The molecule has 0 aromatic heterocycles. The summed E-state index contributed by atoms with van der Waals surface area (Å²) in [4.78, 5) is 60.7. The molecule has 264 valence electrons. The second-order valence-corrected chi connectivity index (χ2v) is 14.2. The van der Waals surface area contributed by atoms with Crippen molar-refractivity contribution in [2.24, 2.45) is 5.92 Å². The van der Waals surface area contributed by atoms with Crippen LogP contribution < -0.4 is 10.1 Å². The lowest BCUT2D eigenvalue weighted by Crippen LogP contribution is -2.54. The summed E-state index contributed by atoms with van der Waals surface area (Å²) < 4.78 is 10.7. The summed E-state index contributed by atoms with van der Waals surface area (Å²) in [5.41, 5.74) is 2.66.